The van der Waals surface area contributed by atoms with Crippen LogP contribution in [0.1, 0.15) is 27.2 Å². The van der Waals surface area contributed by atoms with Crippen molar-refractivity contribution < 1.29 is 4.43 Å². The zero-order valence-electron chi connectivity index (χ0n) is 13.8. The van der Waals surface area contributed by atoms with Crippen LogP contribution in [0.2, 0.25) is 39.3 Å². The van der Waals surface area contributed by atoms with Crippen LogP contribution in [0.4, 0.5) is 0 Å². The van der Waals surface area contributed by atoms with Gasteiger partial charge in [0.2, 0.25) is 0 Å². The highest BCUT2D eigenvalue weighted by Gasteiger charge is 2.65. The van der Waals surface area contributed by atoms with E-state index in [0.29, 0.717) is 5.92 Å². The van der Waals surface area contributed by atoms with Crippen molar-refractivity contribution in [2.75, 3.05) is 0 Å². The van der Waals surface area contributed by atoms with Gasteiger partial charge in [0.25, 0.3) is 0 Å². The van der Waals surface area contributed by atoms with Crippen molar-refractivity contribution in [3.05, 3.63) is 0 Å². The van der Waals surface area contributed by atoms with Crippen LogP contribution in [-0.4, -0.2) is 33.8 Å². The molecule has 0 aliphatic carbocycles. The van der Waals surface area contributed by atoms with Crippen molar-refractivity contribution in [1.82, 2.24) is 0 Å². The second-order valence-electron chi connectivity index (χ2n) is 8.35. The molecule has 0 saturated carbocycles. The molecular weight excluding hydrogens is 270 g/mol. The van der Waals surface area contributed by atoms with Gasteiger partial charge < -0.3 is 10.2 Å². The lowest BCUT2D eigenvalue weighted by Gasteiger charge is -2.62. The summed E-state index contributed by atoms with van der Waals surface area (Å²) in [5.41, 5.74) is 6.94. The van der Waals surface area contributed by atoms with Gasteiger partial charge in [-0.25, -0.2) is 0 Å². The Balaban J connectivity index is 3.24. The highest BCUT2D eigenvalue weighted by atomic mass is 29.6. The Morgan fingerprint density at radius 2 is 1.56 bits per heavy atom. The molecule has 2 atom stereocenters. The molecule has 18 heavy (non-hydrogen) atoms. The predicted molar refractivity (Wildman–Crippen MR) is 89.4 cm³/mol. The summed E-state index contributed by atoms with van der Waals surface area (Å²) in [6, 6.07) is 0. The molecular formula is C13H33NOSi3. The fourth-order valence-corrected chi connectivity index (χ4v) is 34.7. The molecule has 2 unspecified atom stereocenters. The van der Waals surface area contributed by atoms with E-state index in [1.165, 1.54) is 0 Å². The number of hydrogen-bond acceptors (Lipinski definition) is 2. The Hall–Kier alpha value is 0.571. The van der Waals surface area contributed by atoms with E-state index >= 15 is 0 Å². The molecule has 1 saturated heterocycles. The minimum atomic E-state index is -1.58. The van der Waals surface area contributed by atoms with E-state index in [1.54, 1.807) is 0 Å². The van der Waals surface area contributed by atoms with Crippen molar-refractivity contribution in [3.8, 4) is 0 Å². The predicted octanol–water partition coefficient (Wildman–Crippen LogP) is 3.47. The molecule has 1 heterocycles. The largest absolute Gasteiger partial charge is 0.414 e. The molecule has 0 spiro atoms. The van der Waals surface area contributed by atoms with Gasteiger partial charge in [0.15, 0.2) is 7.83 Å². The summed E-state index contributed by atoms with van der Waals surface area (Å²) in [4.78, 5) is 0. The summed E-state index contributed by atoms with van der Waals surface area (Å²) in [5.74, 6) is 0.651. The first-order valence-electron chi connectivity index (χ1n) is 7.24. The average molecular weight is 304 g/mol. The van der Waals surface area contributed by atoms with E-state index in [1.807, 2.05) is 0 Å². The molecule has 5 heteroatoms. The van der Waals surface area contributed by atoms with Gasteiger partial charge in [0.1, 0.15) is 0 Å². The van der Waals surface area contributed by atoms with Gasteiger partial charge in [0.05, 0.1) is 20.3 Å². The molecule has 0 aromatic rings. The topological polar surface area (TPSA) is 35.2 Å². The average Bonchev–Trinajstić information content (AvgIpc) is 2.11. The van der Waals surface area contributed by atoms with E-state index in [0.717, 1.165) is 6.42 Å². The zero-order valence-corrected chi connectivity index (χ0v) is 16.8. The molecule has 1 aliphatic rings. The van der Waals surface area contributed by atoms with Crippen molar-refractivity contribution in [1.29, 1.82) is 0 Å². The summed E-state index contributed by atoms with van der Waals surface area (Å²) in [7, 11) is -4.30. The molecule has 2 N–H and O–H groups in total. The first kappa shape index (κ1) is 16.6. The monoisotopic (exact) mass is 303 g/mol. The van der Waals surface area contributed by atoms with Crippen LogP contribution in [0, 0.1) is 5.92 Å². The Morgan fingerprint density at radius 1 is 1.11 bits per heavy atom. The number of nitrogens with two attached hydrogens (primary N) is 1. The molecule has 0 radical (unpaired) electrons. The molecule has 0 amide bonds. The second-order valence-corrected chi connectivity index (χ2v) is 35.4. The lowest BCUT2D eigenvalue weighted by atomic mass is 9.94. The van der Waals surface area contributed by atoms with Crippen LogP contribution in [0.15, 0.2) is 0 Å². The number of rotatable bonds is 2. The zero-order chi connectivity index (χ0) is 14.6. The van der Waals surface area contributed by atoms with E-state index < -0.39 is 22.5 Å². The lowest BCUT2D eigenvalue weighted by Crippen LogP contribution is -2.86. The summed E-state index contributed by atoms with van der Waals surface area (Å²) >= 11 is 0. The van der Waals surface area contributed by atoms with Gasteiger partial charge >= 0.3 is 0 Å². The first-order chi connectivity index (χ1) is 7.78. The molecule has 0 bridgehead atoms. The molecule has 108 valence electrons. The third kappa shape index (κ3) is 2.32. The molecule has 1 aliphatic heterocycles. The van der Waals surface area contributed by atoms with E-state index in [4.69, 9.17) is 10.2 Å². The third-order valence-corrected chi connectivity index (χ3v) is 46.4. The molecule has 1 fully saturated rings. The molecule has 0 aromatic carbocycles. The van der Waals surface area contributed by atoms with Gasteiger partial charge in [-0.05, 0) is 32.4 Å². The fourth-order valence-electron chi connectivity index (χ4n) is 3.68. The molecule has 0 aromatic heterocycles. The Morgan fingerprint density at radius 3 is 1.94 bits per heavy atom. The van der Waals surface area contributed by atoms with Gasteiger partial charge in [-0.15, -0.1) is 0 Å². The van der Waals surface area contributed by atoms with E-state index in [-0.39, 0.29) is 11.3 Å². The smallest absolute Gasteiger partial charge is 0.172 e. The SMILES string of the molecule is CC(C)CC1(C)O[Si](C)(C)[Si](C)(C)[Si](C)(C)C1N. The van der Waals surface area contributed by atoms with Crippen molar-refractivity contribution >= 4 is 22.5 Å². The van der Waals surface area contributed by atoms with E-state index in [2.05, 4.69) is 60.1 Å². The third-order valence-electron chi connectivity index (χ3n) is 5.85. The van der Waals surface area contributed by atoms with Crippen LogP contribution in [0.3, 0.4) is 0 Å². The highest BCUT2D eigenvalue weighted by Crippen LogP contribution is 2.44. The second kappa shape index (κ2) is 4.55. The highest BCUT2D eigenvalue weighted by molar-refractivity contribution is 7.68. The van der Waals surface area contributed by atoms with E-state index in [9.17, 15) is 0 Å². The van der Waals surface area contributed by atoms with Crippen molar-refractivity contribution in [3.63, 3.8) is 0 Å². The standard InChI is InChI=1S/C13H33NOSi3/c1-11(2)10-13(3)12(14)16(4,5)18(8,9)17(6,7)15-13/h11-12H,10,14H2,1-9H3. The minimum Gasteiger partial charge on any atom is -0.414 e. The van der Waals surface area contributed by atoms with Crippen molar-refractivity contribution in [2.45, 2.75) is 77.7 Å². The van der Waals surface area contributed by atoms with Crippen LogP contribution in [0.5, 0.6) is 0 Å². The van der Waals surface area contributed by atoms with Crippen LogP contribution in [0.25, 0.3) is 0 Å². The van der Waals surface area contributed by atoms with Gasteiger partial charge in [-0.1, -0.05) is 40.0 Å². The number of hydrogen-bond donors (Lipinski definition) is 1. The Bertz CT molecular complexity index is 328. The quantitative estimate of drug-likeness (QED) is 0.793. The maximum absolute atomic E-state index is 6.75. The fraction of sp³-hybridized carbons (Fsp3) is 1.00. The summed E-state index contributed by atoms with van der Waals surface area (Å²) < 4.78 is 6.75. The minimum absolute atomic E-state index is 0.0812. The van der Waals surface area contributed by atoms with Crippen LogP contribution in [-0.2, 0) is 4.43 Å². The van der Waals surface area contributed by atoms with Gasteiger partial charge in [-0.2, -0.15) is 0 Å². The molecule has 1 rings (SSSR count). The maximum Gasteiger partial charge on any atom is 0.172 e. The summed E-state index contributed by atoms with van der Waals surface area (Å²) in [5, 5.41) is 0. The summed E-state index contributed by atoms with van der Waals surface area (Å²) in [6.07, 6.45) is 1.10. The maximum atomic E-state index is 6.75. The van der Waals surface area contributed by atoms with Gasteiger partial charge in [0, 0.05) is 5.67 Å². The van der Waals surface area contributed by atoms with Crippen LogP contribution < -0.4 is 5.73 Å². The Labute approximate surface area is 116 Å². The molecule has 2 nitrogen and oxygen atoms in total. The Kier molecular flexibility index (Phi) is 4.20. The lowest BCUT2D eigenvalue weighted by molar-refractivity contribution is 0.0521. The van der Waals surface area contributed by atoms with Gasteiger partial charge in [-0.3, -0.25) is 0 Å². The van der Waals surface area contributed by atoms with Crippen molar-refractivity contribution in [2.24, 2.45) is 11.7 Å². The summed E-state index contributed by atoms with van der Waals surface area (Å²) in [6.45, 7) is 21.9. The van der Waals surface area contributed by atoms with Crippen LogP contribution >= 0.6 is 0 Å². The normalized spacial score (nSPS) is 37.8. The first-order valence-corrected chi connectivity index (χ1v) is 18.2.